The molecule has 0 spiro atoms. The van der Waals surface area contributed by atoms with Gasteiger partial charge in [-0.2, -0.15) is 0 Å². The minimum Gasteiger partial charge on any atom is -0.444 e. The molecule has 1 N–H and O–H groups in total. The van der Waals surface area contributed by atoms with Crippen LogP contribution in [-0.4, -0.2) is 24.1 Å². The third-order valence-electron chi connectivity index (χ3n) is 3.15. The molecule has 0 aliphatic carbocycles. The smallest absolute Gasteiger partial charge is 0.412 e. The van der Waals surface area contributed by atoms with Crippen LogP contribution in [0.2, 0.25) is 0 Å². The van der Waals surface area contributed by atoms with Crippen molar-refractivity contribution in [3.8, 4) is 0 Å². The second kappa shape index (κ2) is 6.16. The number of rotatable bonds is 2. The van der Waals surface area contributed by atoms with Gasteiger partial charge in [-0.1, -0.05) is 0 Å². The van der Waals surface area contributed by atoms with Crippen molar-refractivity contribution in [2.75, 3.05) is 16.8 Å². The summed E-state index contributed by atoms with van der Waals surface area (Å²) < 4.78 is 5.19. The molecule has 5 heteroatoms. The van der Waals surface area contributed by atoms with E-state index in [1.807, 2.05) is 32.9 Å². The second-order valence-corrected chi connectivity index (χ2v) is 6.18. The summed E-state index contributed by atoms with van der Waals surface area (Å²) in [4.78, 5) is 25.3. The maximum absolute atomic E-state index is 11.9. The molecule has 114 valence electrons. The molecular formula is C16H22N2O3. The minimum atomic E-state index is -0.524. The Kier molecular flexibility index (Phi) is 4.50. The van der Waals surface area contributed by atoms with Crippen LogP contribution in [0.4, 0.5) is 16.2 Å². The Morgan fingerprint density at radius 2 is 1.86 bits per heavy atom. The van der Waals surface area contributed by atoms with Crippen LogP contribution < -0.4 is 10.2 Å². The zero-order chi connectivity index (χ0) is 15.5. The van der Waals surface area contributed by atoms with Gasteiger partial charge in [0.15, 0.2) is 0 Å². The first-order valence-electron chi connectivity index (χ1n) is 7.25. The van der Waals surface area contributed by atoms with Crippen LogP contribution in [-0.2, 0) is 9.53 Å². The summed E-state index contributed by atoms with van der Waals surface area (Å²) in [6, 6.07) is 7.24. The Bertz CT molecular complexity index is 517. The molecule has 0 bridgehead atoms. The van der Waals surface area contributed by atoms with Gasteiger partial charge in [0.2, 0.25) is 5.91 Å². The van der Waals surface area contributed by atoms with Crippen LogP contribution in [0, 0.1) is 0 Å². The van der Waals surface area contributed by atoms with Crippen LogP contribution in [0.25, 0.3) is 0 Å². The zero-order valence-electron chi connectivity index (χ0n) is 12.8. The summed E-state index contributed by atoms with van der Waals surface area (Å²) in [6.45, 7) is 6.21. The summed E-state index contributed by atoms with van der Waals surface area (Å²) in [7, 11) is 0. The fourth-order valence-electron chi connectivity index (χ4n) is 2.23. The first-order valence-corrected chi connectivity index (χ1v) is 7.25. The number of ether oxygens (including phenoxy) is 1. The highest BCUT2D eigenvalue weighted by Crippen LogP contribution is 2.23. The summed E-state index contributed by atoms with van der Waals surface area (Å²) in [5, 5.41) is 2.68. The first kappa shape index (κ1) is 15.4. The van der Waals surface area contributed by atoms with E-state index in [-0.39, 0.29) is 5.91 Å². The van der Waals surface area contributed by atoms with Gasteiger partial charge in [-0.3, -0.25) is 10.1 Å². The number of amides is 2. The second-order valence-electron chi connectivity index (χ2n) is 6.18. The fraction of sp³-hybridized carbons (Fsp3) is 0.500. The lowest BCUT2D eigenvalue weighted by Crippen LogP contribution is -2.35. The number of nitrogens with one attached hydrogen (secondary N) is 1. The SMILES string of the molecule is CC(C)(C)OC(=O)Nc1ccc(N2CCCCC2=O)cc1. The molecule has 5 nitrogen and oxygen atoms in total. The van der Waals surface area contributed by atoms with Gasteiger partial charge in [0.05, 0.1) is 0 Å². The summed E-state index contributed by atoms with van der Waals surface area (Å²) in [5.74, 6) is 0.161. The number of carbonyl (C=O) groups excluding carboxylic acids is 2. The Balaban J connectivity index is 1.99. The molecule has 0 atom stereocenters. The summed E-state index contributed by atoms with van der Waals surface area (Å²) in [6.07, 6.45) is 2.12. The van der Waals surface area contributed by atoms with E-state index >= 15 is 0 Å². The average Bonchev–Trinajstić information content (AvgIpc) is 2.38. The number of piperidine rings is 1. The monoisotopic (exact) mass is 290 g/mol. The van der Waals surface area contributed by atoms with Crippen LogP contribution in [0.1, 0.15) is 40.0 Å². The first-order chi connectivity index (χ1) is 9.85. The van der Waals surface area contributed by atoms with Crippen molar-refractivity contribution in [2.45, 2.75) is 45.6 Å². The molecule has 0 aromatic heterocycles. The molecule has 1 saturated heterocycles. The molecule has 2 rings (SSSR count). The molecule has 1 aromatic carbocycles. The minimum absolute atomic E-state index is 0.161. The predicted octanol–water partition coefficient (Wildman–Crippen LogP) is 3.55. The van der Waals surface area contributed by atoms with E-state index in [0.717, 1.165) is 25.1 Å². The van der Waals surface area contributed by atoms with Crippen LogP contribution in [0.3, 0.4) is 0 Å². The van der Waals surface area contributed by atoms with Crippen molar-refractivity contribution < 1.29 is 14.3 Å². The van der Waals surface area contributed by atoms with Gasteiger partial charge >= 0.3 is 6.09 Å². The van der Waals surface area contributed by atoms with Crippen molar-refractivity contribution in [1.29, 1.82) is 0 Å². The standard InChI is InChI=1S/C16H22N2O3/c1-16(2,3)21-15(20)17-12-7-9-13(10-8-12)18-11-5-4-6-14(18)19/h7-10H,4-6,11H2,1-3H3,(H,17,20). The van der Waals surface area contributed by atoms with E-state index in [4.69, 9.17) is 4.74 Å². The summed E-state index contributed by atoms with van der Waals surface area (Å²) >= 11 is 0. The largest absolute Gasteiger partial charge is 0.444 e. The quantitative estimate of drug-likeness (QED) is 0.906. The molecule has 0 unspecified atom stereocenters. The molecule has 1 aliphatic heterocycles. The van der Waals surface area contributed by atoms with Gasteiger partial charge in [0.25, 0.3) is 0 Å². The van der Waals surface area contributed by atoms with Crippen molar-refractivity contribution >= 4 is 23.4 Å². The Hall–Kier alpha value is -2.04. The van der Waals surface area contributed by atoms with E-state index in [1.165, 1.54) is 0 Å². The molecular weight excluding hydrogens is 268 g/mol. The number of hydrogen-bond donors (Lipinski definition) is 1. The third kappa shape index (κ3) is 4.48. The number of carbonyl (C=O) groups is 2. The van der Waals surface area contributed by atoms with Gasteiger partial charge in [-0.05, 0) is 57.9 Å². The third-order valence-corrected chi connectivity index (χ3v) is 3.15. The molecule has 1 fully saturated rings. The molecule has 1 aliphatic rings. The zero-order valence-corrected chi connectivity index (χ0v) is 12.8. The highest BCUT2D eigenvalue weighted by molar-refractivity contribution is 5.94. The number of anilines is 2. The fourth-order valence-corrected chi connectivity index (χ4v) is 2.23. The lowest BCUT2D eigenvalue weighted by atomic mass is 10.1. The average molecular weight is 290 g/mol. The molecule has 1 aromatic rings. The van der Waals surface area contributed by atoms with Gasteiger partial charge in [0, 0.05) is 24.3 Å². The van der Waals surface area contributed by atoms with E-state index in [1.54, 1.807) is 17.0 Å². The topological polar surface area (TPSA) is 58.6 Å². The van der Waals surface area contributed by atoms with Gasteiger partial charge < -0.3 is 9.64 Å². The van der Waals surface area contributed by atoms with Crippen LogP contribution in [0.5, 0.6) is 0 Å². The van der Waals surface area contributed by atoms with E-state index < -0.39 is 11.7 Å². The highest BCUT2D eigenvalue weighted by atomic mass is 16.6. The van der Waals surface area contributed by atoms with Gasteiger partial charge in [-0.15, -0.1) is 0 Å². The predicted molar refractivity (Wildman–Crippen MR) is 82.5 cm³/mol. The summed E-state index contributed by atoms with van der Waals surface area (Å²) in [5.41, 5.74) is 0.997. The Labute approximate surface area is 125 Å². The van der Waals surface area contributed by atoms with Crippen LogP contribution in [0.15, 0.2) is 24.3 Å². The Morgan fingerprint density at radius 3 is 2.43 bits per heavy atom. The lowest BCUT2D eigenvalue weighted by molar-refractivity contribution is -0.119. The van der Waals surface area contributed by atoms with Crippen molar-refractivity contribution in [2.24, 2.45) is 0 Å². The number of benzene rings is 1. The van der Waals surface area contributed by atoms with E-state index in [2.05, 4.69) is 5.32 Å². The molecule has 0 radical (unpaired) electrons. The van der Waals surface area contributed by atoms with Gasteiger partial charge in [0.1, 0.15) is 5.60 Å². The normalized spacial score (nSPS) is 15.8. The van der Waals surface area contributed by atoms with Crippen molar-refractivity contribution in [3.05, 3.63) is 24.3 Å². The van der Waals surface area contributed by atoms with Crippen LogP contribution >= 0.6 is 0 Å². The number of nitrogens with zero attached hydrogens (tertiary/aromatic N) is 1. The molecule has 21 heavy (non-hydrogen) atoms. The maximum Gasteiger partial charge on any atom is 0.412 e. The van der Waals surface area contributed by atoms with Gasteiger partial charge in [-0.25, -0.2) is 4.79 Å². The lowest BCUT2D eigenvalue weighted by Gasteiger charge is -2.27. The van der Waals surface area contributed by atoms with E-state index in [9.17, 15) is 9.59 Å². The molecule has 1 heterocycles. The van der Waals surface area contributed by atoms with Crippen molar-refractivity contribution in [1.82, 2.24) is 0 Å². The molecule has 0 saturated carbocycles. The van der Waals surface area contributed by atoms with E-state index in [0.29, 0.717) is 12.1 Å². The highest BCUT2D eigenvalue weighted by Gasteiger charge is 2.20. The maximum atomic E-state index is 11.9. The Morgan fingerprint density at radius 1 is 1.19 bits per heavy atom. The number of hydrogen-bond acceptors (Lipinski definition) is 3. The molecule has 2 amide bonds. The van der Waals surface area contributed by atoms with Crippen molar-refractivity contribution in [3.63, 3.8) is 0 Å².